The average Bonchev–Trinajstić information content (AvgIpc) is 2.31. The van der Waals surface area contributed by atoms with Crippen molar-refractivity contribution in [1.82, 2.24) is 0 Å². The normalized spacial score (nSPS) is 11.4. The fourth-order valence-electron chi connectivity index (χ4n) is 1.82. The first-order chi connectivity index (χ1) is 8.45. The topological polar surface area (TPSA) is 94.8 Å². The van der Waals surface area contributed by atoms with Crippen LogP contribution in [0.2, 0.25) is 0 Å². The Labute approximate surface area is 108 Å². The first kappa shape index (κ1) is 16.9. The van der Waals surface area contributed by atoms with Crippen molar-refractivity contribution in [3.8, 4) is 0 Å². The zero-order valence-electron chi connectivity index (χ0n) is 11.0. The Morgan fingerprint density at radius 1 is 0.833 bits per heavy atom. The van der Waals surface area contributed by atoms with Crippen molar-refractivity contribution in [2.45, 2.75) is 70.3 Å². The molecule has 0 radical (unpaired) electrons. The number of hydrogen-bond acceptors (Lipinski definition) is 3. The Bertz CT molecular complexity index is 248. The average molecular weight is 260 g/mol. The predicted molar refractivity (Wildman–Crippen MR) is 67.4 cm³/mol. The minimum Gasteiger partial charge on any atom is -0.479 e. The number of aliphatic hydroxyl groups is 1. The van der Waals surface area contributed by atoms with Crippen molar-refractivity contribution in [2.75, 3.05) is 0 Å². The van der Waals surface area contributed by atoms with Crippen LogP contribution in [-0.2, 0) is 9.59 Å². The van der Waals surface area contributed by atoms with Gasteiger partial charge >= 0.3 is 11.9 Å². The quantitative estimate of drug-likeness (QED) is 0.391. The highest BCUT2D eigenvalue weighted by molar-refractivity contribution is 6.01. The fourth-order valence-corrected chi connectivity index (χ4v) is 1.82. The molecule has 106 valence electrons. The second-order valence-corrected chi connectivity index (χ2v) is 4.70. The van der Waals surface area contributed by atoms with Gasteiger partial charge in [-0.3, -0.25) is 0 Å². The molecule has 18 heavy (non-hydrogen) atoms. The number of unbranched alkanes of at least 4 members (excludes halogenated alkanes) is 7. The number of aliphatic carboxylic acids is 2. The third kappa shape index (κ3) is 6.00. The lowest BCUT2D eigenvalue weighted by atomic mass is 9.96. The van der Waals surface area contributed by atoms with E-state index in [-0.39, 0.29) is 6.42 Å². The molecule has 0 rings (SSSR count). The van der Waals surface area contributed by atoms with Gasteiger partial charge in [0.15, 0.2) is 0 Å². The molecule has 0 saturated carbocycles. The lowest BCUT2D eigenvalue weighted by molar-refractivity contribution is -0.176. The third-order valence-electron chi connectivity index (χ3n) is 3.10. The van der Waals surface area contributed by atoms with Crippen molar-refractivity contribution >= 4 is 11.9 Å². The summed E-state index contributed by atoms with van der Waals surface area (Å²) in [7, 11) is 0. The molecular formula is C13H24O5. The number of hydrogen-bond donors (Lipinski definition) is 3. The molecule has 0 saturated heterocycles. The number of carboxylic acid groups (broad SMARTS) is 2. The number of carboxylic acids is 2. The van der Waals surface area contributed by atoms with E-state index in [1.54, 1.807) is 0 Å². The summed E-state index contributed by atoms with van der Waals surface area (Å²) in [5.74, 6) is -3.36. The summed E-state index contributed by atoms with van der Waals surface area (Å²) in [5, 5.41) is 26.8. The molecule has 0 atom stereocenters. The first-order valence-electron chi connectivity index (χ1n) is 6.64. The monoisotopic (exact) mass is 260 g/mol. The van der Waals surface area contributed by atoms with Crippen LogP contribution < -0.4 is 0 Å². The smallest absolute Gasteiger partial charge is 0.347 e. The summed E-state index contributed by atoms with van der Waals surface area (Å²) < 4.78 is 0. The molecule has 0 aliphatic carbocycles. The van der Waals surface area contributed by atoms with Crippen LogP contribution in [0.4, 0.5) is 0 Å². The Hall–Kier alpha value is -1.10. The Morgan fingerprint density at radius 2 is 1.22 bits per heavy atom. The molecule has 3 N–H and O–H groups in total. The highest BCUT2D eigenvalue weighted by Gasteiger charge is 2.43. The molecule has 0 aromatic heterocycles. The van der Waals surface area contributed by atoms with Crippen LogP contribution >= 0.6 is 0 Å². The van der Waals surface area contributed by atoms with Gasteiger partial charge in [0.25, 0.3) is 5.60 Å². The third-order valence-corrected chi connectivity index (χ3v) is 3.10. The van der Waals surface area contributed by atoms with Gasteiger partial charge in [-0.2, -0.15) is 0 Å². The lowest BCUT2D eigenvalue weighted by Crippen LogP contribution is -2.46. The van der Waals surface area contributed by atoms with Gasteiger partial charge < -0.3 is 15.3 Å². The van der Waals surface area contributed by atoms with Crippen molar-refractivity contribution in [3.63, 3.8) is 0 Å². The van der Waals surface area contributed by atoms with Crippen LogP contribution in [0.25, 0.3) is 0 Å². The van der Waals surface area contributed by atoms with E-state index < -0.39 is 17.5 Å². The van der Waals surface area contributed by atoms with Crippen molar-refractivity contribution in [3.05, 3.63) is 0 Å². The molecule has 0 aliphatic rings. The van der Waals surface area contributed by atoms with Crippen LogP contribution in [0.1, 0.15) is 64.7 Å². The van der Waals surface area contributed by atoms with Gasteiger partial charge in [-0.1, -0.05) is 51.9 Å². The summed E-state index contributed by atoms with van der Waals surface area (Å²) >= 11 is 0. The molecule has 0 fully saturated rings. The maximum Gasteiger partial charge on any atom is 0.347 e. The van der Waals surface area contributed by atoms with E-state index in [0.29, 0.717) is 6.42 Å². The zero-order valence-corrected chi connectivity index (χ0v) is 11.0. The van der Waals surface area contributed by atoms with Crippen molar-refractivity contribution in [1.29, 1.82) is 0 Å². The van der Waals surface area contributed by atoms with E-state index in [1.165, 1.54) is 19.3 Å². The maximum atomic E-state index is 10.7. The summed E-state index contributed by atoms with van der Waals surface area (Å²) in [6, 6.07) is 0. The van der Waals surface area contributed by atoms with E-state index in [0.717, 1.165) is 25.7 Å². The molecule has 0 heterocycles. The van der Waals surface area contributed by atoms with Crippen LogP contribution in [-0.4, -0.2) is 32.9 Å². The number of carbonyl (C=O) groups is 2. The molecule has 5 heteroatoms. The highest BCUT2D eigenvalue weighted by atomic mass is 16.4. The van der Waals surface area contributed by atoms with E-state index in [1.807, 2.05) is 0 Å². The molecule has 0 aromatic rings. The zero-order chi connectivity index (χ0) is 14.0. The molecule has 0 aliphatic heterocycles. The summed E-state index contributed by atoms with van der Waals surface area (Å²) in [6.07, 6.45) is 7.80. The maximum absolute atomic E-state index is 10.7. The molecule has 0 bridgehead atoms. The fraction of sp³-hybridized carbons (Fsp3) is 0.846. The van der Waals surface area contributed by atoms with E-state index in [2.05, 4.69) is 6.92 Å². The number of rotatable bonds is 11. The standard InChI is InChI=1S/C13H24O5/c1-2-3-4-5-6-7-8-9-10-13(18,11(14)15)12(16)17/h18H,2-10H2,1H3,(H,14,15)(H,16,17). The minimum absolute atomic E-state index is 0.230. The van der Waals surface area contributed by atoms with Crippen LogP contribution in [0.5, 0.6) is 0 Å². The van der Waals surface area contributed by atoms with Crippen LogP contribution in [0, 0.1) is 0 Å². The Morgan fingerprint density at radius 3 is 1.61 bits per heavy atom. The lowest BCUT2D eigenvalue weighted by Gasteiger charge is -2.17. The molecule has 0 amide bonds. The van der Waals surface area contributed by atoms with Gasteiger partial charge in [-0.15, -0.1) is 0 Å². The van der Waals surface area contributed by atoms with Crippen LogP contribution in [0.3, 0.4) is 0 Å². The van der Waals surface area contributed by atoms with Crippen molar-refractivity contribution < 1.29 is 24.9 Å². The summed E-state index contributed by atoms with van der Waals surface area (Å²) in [5.41, 5.74) is -2.62. The molecule has 0 aromatic carbocycles. The summed E-state index contributed by atoms with van der Waals surface area (Å²) in [4.78, 5) is 21.3. The summed E-state index contributed by atoms with van der Waals surface area (Å²) in [6.45, 7) is 2.15. The Balaban J connectivity index is 3.70. The van der Waals surface area contributed by atoms with Gasteiger partial charge in [-0.25, -0.2) is 9.59 Å². The van der Waals surface area contributed by atoms with Gasteiger partial charge in [-0.05, 0) is 12.8 Å². The van der Waals surface area contributed by atoms with Gasteiger partial charge in [0, 0.05) is 0 Å². The predicted octanol–water partition coefficient (Wildman–Crippen LogP) is 2.42. The van der Waals surface area contributed by atoms with E-state index >= 15 is 0 Å². The first-order valence-corrected chi connectivity index (χ1v) is 6.64. The van der Waals surface area contributed by atoms with Crippen molar-refractivity contribution in [2.24, 2.45) is 0 Å². The second kappa shape index (κ2) is 8.91. The van der Waals surface area contributed by atoms with E-state index in [4.69, 9.17) is 10.2 Å². The van der Waals surface area contributed by atoms with E-state index in [9.17, 15) is 14.7 Å². The molecule has 0 spiro atoms. The Kier molecular flexibility index (Phi) is 8.37. The van der Waals surface area contributed by atoms with Gasteiger partial charge in [0.05, 0.1) is 0 Å². The van der Waals surface area contributed by atoms with Crippen LogP contribution in [0.15, 0.2) is 0 Å². The second-order valence-electron chi connectivity index (χ2n) is 4.70. The van der Waals surface area contributed by atoms with Gasteiger partial charge in [0.2, 0.25) is 0 Å². The molecular weight excluding hydrogens is 236 g/mol. The minimum atomic E-state index is -2.62. The molecule has 5 nitrogen and oxygen atoms in total. The highest BCUT2D eigenvalue weighted by Crippen LogP contribution is 2.17. The SMILES string of the molecule is CCCCCCCCCCC(O)(C(=O)O)C(=O)O. The van der Waals surface area contributed by atoms with Gasteiger partial charge in [0.1, 0.15) is 0 Å². The molecule has 0 unspecified atom stereocenters. The largest absolute Gasteiger partial charge is 0.479 e.